The summed E-state index contributed by atoms with van der Waals surface area (Å²) in [7, 11) is 1.59. The van der Waals surface area contributed by atoms with Gasteiger partial charge < -0.3 is 9.64 Å². The minimum Gasteiger partial charge on any atom is -0.380 e. The molecule has 1 saturated carbocycles. The standard InChI is InChI=1S/C14H17F2NO2/c1-19-9-10-2-4-11(5-3-10)14(18)17(8-13(15)16)12-6-7-12/h2-5,12-13H,6-9H2,1H3. The SMILES string of the molecule is COCc1ccc(C(=O)N(CC(F)F)C2CC2)cc1. The van der Waals surface area contributed by atoms with Crippen LogP contribution in [0.4, 0.5) is 8.78 Å². The summed E-state index contributed by atoms with van der Waals surface area (Å²) in [6.45, 7) is -0.0127. The van der Waals surface area contributed by atoms with Gasteiger partial charge in [0.25, 0.3) is 12.3 Å². The Morgan fingerprint density at radius 1 is 1.37 bits per heavy atom. The molecule has 1 aromatic rings. The van der Waals surface area contributed by atoms with E-state index in [9.17, 15) is 13.6 Å². The fourth-order valence-electron chi connectivity index (χ4n) is 2.01. The molecule has 0 saturated heterocycles. The molecule has 0 bridgehead atoms. The minimum absolute atomic E-state index is 0.0137. The van der Waals surface area contributed by atoms with E-state index in [0.29, 0.717) is 12.2 Å². The first-order chi connectivity index (χ1) is 9.11. The molecule has 1 amide bonds. The van der Waals surface area contributed by atoms with Crippen LogP contribution in [-0.4, -0.2) is 36.9 Å². The number of hydrogen-bond acceptors (Lipinski definition) is 2. The molecule has 3 nitrogen and oxygen atoms in total. The van der Waals surface area contributed by atoms with Crippen LogP contribution in [0.15, 0.2) is 24.3 Å². The maximum Gasteiger partial charge on any atom is 0.255 e. The van der Waals surface area contributed by atoms with E-state index >= 15 is 0 Å². The van der Waals surface area contributed by atoms with Gasteiger partial charge in [-0.15, -0.1) is 0 Å². The minimum atomic E-state index is -2.49. The molecule has 19 heavy (non-hydrogen) atoms. The highest BCUT2D eigenvalue weighted by molar-refractivity contribution is 5.94. The second-order valence-electron chi connectivity index (χ2n) is 4.71. The van der Waals surface area contributed by atoms with Gasteiger partial charge in [0.05, 0.1) is 13.2 Å². The van der Waals surface area contributed by atoms with E-state index in [1.165, 1.54) is 4.90 Å². The van der Waals surface area contributed by atoms with Gasteiger partial charge in [-0.3, -0.25) is 4.79 Å². The van der Waals surface area contributed by atoms with E-state index in [2.05, 4.69) is 0 Å². The lowest BCUT2D eigenvalue weighted by Gasteiger charge is -2.22. The molecule has 5 heteroatoms. The van der Waals surface area contributed by atoms with Crippen LogP contribution in [0.25, 0.3) is 0 Å². The van der Waals surface area contributed by atoms with Gasteiger partial charge in [-0.25, -0.2) is 8.78 Å². The third kappa shape index (κ3) is 3.73. The van der Waals surface area contributed by atoms with Crippen molar-refractivity contribution in [1.29, 1.82) is 0 Å². The highest BCUT2D eigenvalue weighted by atomic mass is 19.3. The first-order valence-electron chi connectivity index (χ1n) is 6.29. The van der Waals surface area contributed by atoms with E-state index in [4.69, 9.17) is 4.74 Å². The molecule has 0 N–H and O–H groups in total. The monoisotopic (exact) mass is 269 g/mol. The largest absolute Gasteiger partial charge is 0.380 e. The summed E-state index contributed by atoms with van der Waals surface area (Å²) < 4.78 is 30.0. The molecule has 0 heterocycles. The zero-order valence-corrected chi connectivity index (χ0v) is 10.8. The van der Waals surface area contributed by atoms with Gasteiger partial charge in [0, 0.05) is 18.7 Å². The molecule has 104 valence electrons. The van der Waals surface area contributed by atoms with Crippen LogP contribution < -0.4 is 0 Å². The number of carbonyl (C=O) groups is 1. The number of rotatable bonds is 6. The normalized spacial score (nSPS) is 14.7. The molecule has 0 atom stereocenters. The van der Waals surface area contributed by atoms with Gasteiger partial charge in [0.15, 0.2) is 0 Å². The van der Waals surface area contributed by atoms with Crippen LogP contribution in [0.1, 0.15) is 28.8 Å². The lowest BCUT2D eigenvalue weighted by Crippen LogP contribution is -2.36. The van der Waals surface area contributed by atoms with E-state index in [1.54, 1.807) is 31.4 Å². The van der Waals surface area contributed by atoms with E-state index < -0.39 is 13.0 Å². The Kier molecular flexibility index (Phi) is 4.47. The van der Waals surface area contributed by atoms with Crippen molar-refractivity contribution in [2.45, 2.75) is 31.9 Å². The Hall–Kier alpha value is -1.49. The topological polar surface area (TPSA) is 29.5 Å². The predicted octanol–water partition coefficient (Wildman–Crippen LogP) is 2.70. The molecule has 0 aliphatic heterocycles. The molecule has 1 fully saturated rings. The number of benzene rings is 1. The molecule has 1 aliphatic rings. The predicted molar refractivity (Wildman–Crippen MR) is 67.2 cm³/mol. The van der Waals surface area contributed by atoms with Crippen molar-refractivity contribution < 1.29 is 18.3 Å². The zero-order valence-electron chi connectivity index (χ0n) is 10.8. The Morgan fingerprint density at radius 2 is 2.00 bits per heavy atom. The summed E-state index contributed by atoms with van der Waals surface area (Å²) in [5.41, 5.74) is 1.40. The van der Waals surface area contributed by atoms with Crippen molar-refractivity contribution in [1.82, 2.24) is 4.90 Å². The number of nitrogens with zero attached hydrogens (tertiary/aromatic N) is 1. The van der Waals surface area contributed by atoms with Crippen LogP contribution in [0.2, 0.25) is 0 Å². The number of ether oxygens (including phenoxy) is 1. The Morgan fingerprint density at radius 3 is 2.47 bits per heavy atom. The summed E-state index contributed by atoms with van der Waals surface area (Å²) >= 11 is 0. The van der Waals surface area contributed by atoms with Gasteiger partial charge in [-0.05, 0) is 30.5 Å². The summed E-state index contributed by atoms with van der Waals surface area (Å²) in [5, 5.41) is 0. The molecule has 1 aromatic carbocycles. The number of halogens is 2. The van der Waals surface area contributed by atoms with Crippen molar-refractivity contribution in [2.75, 3.05) is 13.7 Å². The fraction of sp³-hybridized carbons (Fsp3) is 0.500. The van der Waals surface area contributed by atoms with Crippen LogP contribution in [0, 0.1) is 0 Å². The molecular formula is C14H17F2NO2. The first kappa shape index (κ1) is 13.9. The third-order valence-corrected chi connectivity index (χ3v) is 3.10. The van der Waals surface area contributed by atoms with Crippen LogP contribution >= 0.6 is 0 Å². The molecule has 0 unspecified atom stereocenters. The van der Waals surface area contributed by atoms with Gasteiger partial charge in [0.2, 0.25) is 0 Å². The molecule has 1 aliphatic carbocycles. The number of carbonyl (C=O) groups excluding carboxylic acids is 1. The summed E-state index contributed by atoms with van der Waals surface area (Å²) in [5.74, 6) is -0.313. The Labute approximate surface area is 111 Å². The fourth-order valence-corrected chi connectivity index (χ4v) is 2.01. The van der Waals surface area contributed by atoms with Gasteiger partial charge >= 0.3 is 0 Å². The quantitative estimate of drug-likeness (QED) is 0.794. The van der Waals surface area contributed by atoms with Crippen LogP contribution in [0.3, 0.4) is 0 Å². The van der Waals surface area contributed by atoms with Crippen molar-refractivity contribution in [3.05, 3.63) is 35.4 Å². The van der Waals surface area contributed by atoms with Crippen LogP contribution in [-0.2, 0) is 11.3 Å². The number of hydrogen-bond donors (Lipinski definition) is 0. The summed E-state index contributed by atoms with van der Waals surface area (Å²) in [4.78, 5) is 13.5. The summed E-state index contributed by atoms with van der Waals surface area (Å²) in [6, 6.07) is 6.88. The maximum absolute atomic E-state index is 12.5. The second-order valence-corrected chi connectivity index (χ2v) is 4.71. The van der Waals surface area contributed by atoms with Crippen molar-refractivity contribution in [3.8, 4) is 0 Å². The van der Waals surface area contributed by atoms with E-state index in [1.807, 2.05) is 0 Å². The van der Waals surface area contributed by atoms with Crippen LogP contribution in [0.5, 0.6) is 0 Å². The van der Waals surface area contributed by atoms with Crippen molar-refractivity contribution in [2.24, 2.45) is 0 Å². The second kappa shape index (κ2) is 6.10. The molecule has 0 radical (unpaired) electrons. The molecule has 0 spiro atoms. The highest BCUT2D eigenvalue weighted by Crippen LogP contribution is 2.28. The number of methoxy groups -OCH3 is 1. The third-order valence-electron chi connectivity index (χ3n) is 3.10. The van der Waals surface area contributed by atoms with E-state index in [-0.39, 0.29) is 11.9 Å². The Balaban J connectivity index is 2.07. The lowest BCUT2D eigenvalue weighted by atomic mass is 10.1. The lowest BCUT2D eigenvalue weighted by molar-refractivity contribution is 0.0534. The molecular weight excluding hydrogens is 252 g/mol. The zero-order chi connectivity index (χ0) is 13.8. The number of amides is 1. The smallest absolute Gasteiger partial charge is 0.255 e. The summed E-state index contributed by atoms with van der Waals surface area (Å²) in [6.07, 6.45) is -0.849. The Bertz CT molecular complexity index is 430. The first-order valence-corrected chi connectivity index (χ1v) is 6.29. The number of alkyl halides is 2. The maximum atomic E-state index is 12.5. The van der Waals surface area contributed by atoms with Gasteiger partial charge in [-0.2, -0.15) is 0 Å². The molecule has 0 aromatic heterocycles. The van der Waals surface area contributed by atoms with Gasteiger partial charge in [-0.1, -0.05) is 12.1 Å². The average Bonchev–Trinajstić information content (AvgIpc) is 3.20. The van der Waals surface area contributed by atoms with Crippen molar-refractivity contribution in [3.63, 3.8) is 0 Å². The van der Waals surface area contributed by atoms with Gasteiger partial charge in [0.1, 0.15) is 0 Å². The molecule has 2 rings (SSSR count). The van der Waals surface area contributed by atoms with E-state index in [0.717, 1.165) is 18.4 Å². The van der Waals surface area contributed by atoms with Crippen molar-refractivity contribution >= 4 is 5.91 Å². The highest BCUT2D eigenvalue weighted by Gasteiger charge is 2.34. The average molecular weight is 269 g/mol.